The Bertz CT molecular complexity index is 503. The van der Waals surface area contributed by atoms with Crippen LogP contribution in [-0.4, -0.2) is 28.9 Å². The Morgan fingerprint density at radius 3 is 2.45 bits per heavy atom. The third-order valence-electron chi connectivity index (χ3n) is 4.11. The average molecular weight is 308 g/mol. The molecule has 0 aromatic carbocycles. The van der Waals surface area contributed by atoms with Crippen molar-refractivity contribution in [2.45, 2.75) is 52.6 Å². The predicted molar refractivity (Wildman–Crippen MR) is 82.2 cm³/mol. The molecule has 0 amide bonds. The number of carboxylic acid groups (broad SMARTS) is 1. The van der Waals surface area contributed by atoms with Crippen LogP contribution in [0.25, 0.3) is 0 Å². The topological polar surface area (TPSA) is 80.7 Å². The molecule has 0 aromatic rings. The summed E-state index contributed by atoms with van der Waals surface area (Å²) in [6.45, 7) is 8.52. The second-order valence-electron chi connectivity index (χ2n) is 5.93. The molecule has 0 aromatic heterocycles. The number of ketones is 1. The molecule has 1 rings (SSSR count). The first-order chi connectivity index (χ1) is 10.2. The van der Waals surface area contributed by atoms with Crippen molar-refractivity contribution in [3.63, 3.8) is 0 Å². The molecule has 5 heteroatoms. The van der Waals surface area contributed by atoms with Crippen molar-refractivity contribution < 1.29 is 24.2 Å². The Balaban J connectivity index is 3.06. The SMILES string of the molecule is C=C(C(=O)O)[C@@H]1CC[C@H](C)C(CCC(C)=O)=C[C@H]1OC(C)=O. The number of carboxylic acids is 1. The van der Waals surface area contributed by atoms with Gasteiger partial charge < -0.3 is 14.6 Å². The zero-order valence-electron chi connectivity index (χ0n) is 13.4. The highest BCUT2D eigenvalue weighted by molar-refractivity contribution is 5.86. The molecule has 0 bridgehead atoms. The van der Waals surface area contributed by atoms with Gasteiger partial charge in [0.05, 0.1) is 0 Å². The Morgan fingerprint density at radius 2 is 1.95 bits per heavy atom. The number of aliphatic carboxylic acids is 1. The predicted octanol–water partition coefficient (Wildman–Crippen LogP) is 2.90. The zero-order valence-corrected chi connectivity index (χ0v) is 13.4. The summed E-state index contributed by atoms with van der Waals surface area (Å²) >= 11 is 0. The number of rotatable bonds is 6. The van der Waals surface area contributed by atoms with E-state index in [4.69, 9.17) is 4.74 Å². The molecule has 122 valence electrons. The third-order valence-corrected chi connectivity index (χ3v) is 4.11. The summed E-state index contributed by atoms with van der Waals surface area (Å²) < 4.78 is 5.32. The van der Waals surface area contributed by atoms with E-state index in [9.17, 15) is 19.5 Å². The summed E-state index contributed by atoms with van der Waals surface area (Å²) in [6, 6.07) is 0. The summed E-state index contributed by atoms with van der Waals surface area (Å²) in [4.78, 5) is 33.7. The maximum absolute atomic E-state index is 11.3. The number of hydrogen-bond donors (Lipinski definition) is 1. The summed E-state index contributed by atoms with van der Waals surface area (Å²) in [6.07, 6.45) is 3.60. The number of Topliss-reactive ketones (excluding diaryl/α,β-unsaturated/α-hetero) is 1. The quantitative estimate of drug-likeness (QED) is 0.463. The summed E-state index contributed by atoms with van der Waals surface area (Å²) in [5.41, 5.74) is 1.10. The Morgan fingerprint density at radius 1 is 1.32 bits per heavy atom. The molecule has 0 fully saturated rings. The number of allylic oxidation sites excluding steroid dienone is 1. The molecule has 0 saturated carbocycles. The van der Waals surface area contributed by atoms with Crippen molar-refractivity contribution in [2.24, 2.45) is 11.8 Å². The Labute approximate surface area is 131 Å². The number of ether oxygens (including phenoxy) is 1. The molecule has 0 spiro atoms. The van der Waals surface area contributed by atoms with Gasteiger partial charge in [-0.05, 0) is 38.2 Å². The monoisotopic (exact) mass is 308 g/mol. The molecule has 0 saturated heterocycles. The van der Waals surface area contributed by atoms with Gasteiger partial charge in [0.25, 0.3) is 0 Å². The van der Waals surface area contributed by atoms with Crippen LogP contribution in [0.4, 0.5) is 0 Å². The van der Waals surface area contributed by atoms with E-state index in [0.29, 0.717) is 19.3 Å². The molecule has 3 atom stereocenters. The number of esters is 1. The molecule has 1 aliphatic carbocycles. The van der Waals surface area contributed by atoms with Crippen molar-refractivity contribution in [3.8, 4) is 0 Å². The molecule has 1 aliphatic rings. The zero-order chi connectivity index (χ0) is 16.9. The minimum absolute atomic E-state index is 0.0579. The Hall–Kier alpha value is -1.91. The molecule has 0 radical (unpaired) electrons. The van der Waals surface area contributed by atoms with E-state index in [2.05, 4.69) is 6.58 Å². The summed E-state index contributed by atoms with van der Waals surface area (Å²) in [5.74, 6) is -1.63. The Kier molecular flexibility index (Phi) is 6.53. The van der Waals surface area contributed by atoms with Gasteiger partial charge in [0.15, 0.2) is 0 Å². The van der Waals surface area contributed by atoms with E-state index in [1.54, 1.807) is 6.92 Å². The van der Waals surface area contributed by atoms with Gasteiger partial charge in [-0.1, -0.05) is 19.1 Å². The third kappa shape index (κ3) is 5.13. The fourth-order valence-electron chi connectivity index (χ4n) is 2.76. The van der Waals surface area contributed by atoms with Crippen LogP contribution in [0.1, 0.15) is 46.5 Å². The second kappa shape index (κ2) is 7.92. The first-order valence-electron chi connectivity index (χ1n) is 7.51. The first kappa shape index (κ1) is 18.1. The molecule has 0 unspecified atom stereocenters. The van der Waals surface area contributed by atoms with E-state index < -0.39 is 24.0 Å². The van der Waals surface area contributed by atoms with Gasteiger partial charge in [0, 0.05) is 24.8 Å². The van der Waals surface area contributed by atoms with E-state index in [-0.39, 0.29) is 17.3 Å². The van der Waals surface area contributed by atoms with Crippen LogP contribution in [0, 0.1) is 11.8 Å². The van der Waals surface area contributed by atoms with Gasteiger partial charge in [-0.25, -0.2) is 4.79 Å². The maximum atomic E-state index is 11.3. The average Bonchev–Trinajstić information content (AvgIpc) is 2.55. The maximum Gasteiger partial charge on any atom is 0.331 e. The van der Waals surface area contributed by atoms with E-state index >= 15 is 0 Å². The lowest BCUT2D eigenvalue weighted by Gasteiger charge is -2.23. The molecular weight excluding hydrogens is 284 g/mol. The standard InChI is InChI=1S/C17H24O5/c1-10-5-8-15(12(3)17(20)21)16(22-13(4)19)9-14(10)7-6-11(2)18/h9-10,15-16H,3,5-8H2,1-2,4H3,(H,20,21)/t10-,15-,16+/m0/s1. The van der Waals surface area contributed by atoms with Crippen LogP contribution >= 0.6 is 0 Å². The normalized spacial score (nSPS) is 24.9. The summed E-state index contributed by atoms with van der Waals surface area (Å²) in [7, 11) is 0. The molecular formula is C17H24O5. The number of carbonyl (C=O) groups is 3. The van der Waals surface area contributed by atoms with Gasteiger partial charge >= 0.3 is 11.9 Å². The van der Waals surface area contributed by atoms with Crippen molar-refractivity contribution in [3.05, 3.63) is 23.8 Å². The van der Waals surface area contributed by atoms with Crippen molar-refractivity contribution in [1.29, 1.82) is 0 Å². The lowest BCUT2D eigenvalue weighted by molar-refractivity contribution is -0.147. The highest BCUT2D eigenvalue weighted by atomic mass is 16.5. The molecule has 0 aliphatic heterocycles. The van der Waals surface area contributed by atoms with Gasteiger partial charge in [0.1, 0.15) is 11.9 Å². The second-order valence-corrected chi connectivity index (χ2v) is 5.93. The number of hydrogen-bond acceptors (Lipinski definition) is 4. The van der Waals surface area contributed by atoms with E-state index in [0.717, 1.165) is 12.0 Å². The van der Waals surface area contributed by atoms with E-state index in [1.807, 2.05) is 13.0 Å². The molecule has 1 N–H and O–H groups in total. The van der Waals surface area contributed by atoms with Gasteiger partial charge in [0.2, 0.25) is 0 Å². The van der Waals surface area contributed by atoms with E-state index in [1.165, 1.54) is 6.92 Å². The molecule has 22 heavy (non-hydrogen) atoms. The van der Waals surface area contributed by atoms with Crippen LogP contribution in [0.5, 0.6) is 0 Å². The lowest BCUT2D eigenvalue weighted by Crippen LogP contribution is -2.27. The van der Waals surface area contributed by atoms with Crippen LogP contribution < -0.4 is 0 Å². The lowest BCUT2D eigenvalue weighted by atomic mass is 9.89. The van der Waals surface area contributed by atoms with Crippen molar-refractivity contribution in [2.75, 3.05) is 0 Å². The highest BCUT2D eigenvalue weighted by Crippen LogP contribution is 2.34. The first-order valence-corrected chi connectivity index (χ1v) is 7.51. The molecule has 5 nitrogen and oxygen atoms in total. The van der Waals surface area contributed by atoms with Crippen LogP contribution in [-0.2, 0) is 19.1 Å². The van der Waals surface area contributed by atoms with Crippen LogP contribution in [0.15, 0.2) is 23.8 Å². The fourth-order valence-corrected chi connectivity index (χ4v) is 2.76. The smallest absolute Gasteiger partial charge is 0.331 e. The van der Waals surface area contributed by atoms with Crippen molar-refractivity contribution >= 4 is 17.7 Å². The number of carbonyl (C=O) groups excluding carboxylic acids is 2. The summed E-state index contributed by atoms with van der Waals surface area (Å²) in [5, 5.41) is 9.18. The highest BCUT2D eigenvalue weighted by Gasteiger charge is 2.32. The van der Waals surface area contributed by atoms with Crippen molar-refractivity contribution in [1.82, 2.24) is 0 Å². The van der Waals surface area contributed by atoms with Crippen LogP contribution in [0.2, 0.25) is 0 Å². The van der Waals surface area contributed by atoms with Gasteiger partial charge in [-0.2, -0.15) is 0 Å². The molecule has 0 heterocycles. The minimum Gasteiger partial charge on any atom is -0.478 e. The minimum atomic E-state index is -1.07. The van der Waals surface area contributed by atoms with Crippen LogP contribution in [0.3, 0.4) is 0 Å². The van der Waals surface area contributed by atoms with Gasteiger partial charge in [-0.3, -0.25) is 4.79 Å². The largest absolute Gasteiger partial charge is 0.478 e. The fraction of sp³-hybridized carbons (Fsp3) is 0.588. The van der Waals surface area contributed by atoms with Gasteiger partial charge in [-0.15, -0.1) is 0 Å².